The number of hydrogen-bond donors (Lipinski definition) is 1. The molecule has 9 heteroatoms. The number of sulfonamides is 1. The minimum atomic E-state index is -3.76. The molecule has 152 valence electrons. The molecular formula is C19H24Cl2N4O2S. The van der Waals surface area contributed by atoms with Gasteiger partial charge in [-0.25, -0.2) is 18.1 Å². The molecule has 0 saturated heterocycles. The summed E-state index contributed by atoms with van der Waals surface area (Å²) in [7, 11) is -3.76. The molecule has 0 aliphatic heterocycles. The third-order valence-corrected chi connectivity index (χ3v) is 6.13. The predicted octanol–water partition coefficient (Wildman–Crippen LogP) is 4.25. The monoisotopic (exact) mass is 442 g/mol. The Bertz CT molecular complexity index is 1020. The number of imidazole rings is 1. The van der Waals surface area contributed by atoms with E-state index in [1.54, 1.807) is 12.1 Å². The maximum atomic E-state index is 12.8. The average Bonchev–Trinajstić information content (AvgIpc) is 2.99. The van der Waals surface area contributed by atoms with Gasteiger partial charge in [0.1, 0.15) is 0 Å². The van der Waals surface area contributed by atoms with E-state index >= 15 is 0 Å². The first-order valence-corrected chi connectivity index (χ1v) is 10.8. The van der Waals surface area contributed by atoms with Crippen LogP contribution in [0.25, 0.3) is 11.0 Å². The Hall–Kier alpha value is -1.80. The highest BCUT2D eigenvalue weighted by molar-refractivity contribution is 7.92. The van der Waals surface area contributed by atoms with E-state index in [1.165, 1.54) is 12.1 Å². The van der Waals surface area contributed by atoms with Crippen molar-refractivity contribution in [1.29, 1.82) is 0 Å². The van der Waals surface area contributed by atoms with E-state index in [9.17, 15) is 8.42 Å². The first-order chi connectivity index (χ1) is 12.9. The summed E-state index contributed by atoms with van der Waals surface area (Å²) in [6, 6.07) is 13.7. The van der Waals surface area contributed by atoms with Crippen molar-refractivity contribution < 1.29 is 8.42 Å². The lowest BCUT2D eigenvalue weighted by atomic mass is 10.3. The molecule has 1 heterocycles. The van der Waals surface area contributed by atoms with Crippen molar-refractivity contribution in [3.63, 3.8) is 0 Å². The van der Waals surface area contributed by atoms with Crippen LogP contribution in [0.2, 0.25) is 5.02 Å². The predicted molar refractivity (Wildman–Crippen MR) is 117 cm³/mol. The quantitative estimate of drug-likeness (QED) is 0.565. The van der Waals surface area contributed by atoms with E-state index in [1.807, 2.05) is 28.8 Å². The van der Waals surface area contributed by atoms with Crippen LogP contribution in [0.1, 0.15) is 13.8 Å². The minimum absolute atomic E-state index is 0. The first-order valence-electron chi connectivity index (χ1n) is 8.90. The summed E-state index contributed by atoms with van der Waals surface area (Å²) in [4.78, 5) is 6.93. The van der Waals surface area contributed by atoms with Crippen molar-refractivity contribution in [2.45, 2.75) is 25.3 Å². The number of anilines is 1. The molecule has 0 radical (unpaired) electrons. The van der Waals surface area contributed by atoms with Gasteiger partial charge in [0.15, 0.2) is 0 Å². The fraction of sp³-hybridized carbons (Fsp3) is 0.316. The summed E-state index contributed by atoms with van der Waals surface area (Å²) in [6.45, 7) is 7.55. The summed E-state index contributed by atoms with van der Waals surface area (Å²) in [5.74, 6) is 0.318. The molecule has 0 saturated carbocycles. The van der Waals surface area contributed by atoms with Gasteiger partial charge in [0.25, 0.3) is 10.0 Å². The zero-order chi connectivity index (χ0) is 19.4. The number of nitrogens with zero attached hydrogens (tertiary/aromatic N) is 3. The van der Waals surface area contributed by atoms with Crippen LogP contribution in [-0.4, -0.2) is 42.5 Å². The number of aromatic nitrogens is 2. The molecule has 28 heavy (non-hydrogen) atoms. The highest BCUT2D eigenvalue weighted by atomic mass is 35.5. The summed E-state index contributed by atoms with van der Waals surface area (Å²) in [5.41, 5.74) is 1.66. The Balaban J connectivity index is 0.00000280. The van der Waals surface area contributed by atoms with Crippen LogP contribution >= 0.6 is 24.0 Å². The van der Waals surface area contributed by atoms with Gasteiger partial charge in [-0.15, -0.1) is 12.4 Å². The zero-order valence-electron chi connectivity index (χ0n) is 15.8. The van der Waals surface area contributed by atoms with Crippen LogP contribution < -0.4 is 4.72 Å². The molecule has 0 aliphatic carbocycles. The highest BCUT2D eigenvalue weighted by Gasteiger charge is 2.19. The van der Waals surface area contributed by atoms with E-state index < -0.39 is 10.0 Å². The summed E-state index contributed by atoms with van der Waals surface area (Å²) in [6.07, 6.45) is 0. The van der Waals surface area contributed by atoms with E-state index in [0.717, 1.165) is 30.7 Å². The van der Waals surface area contributed by atoms with Gasteiger partial charge in [0, 0.05) is 18.1 Å². The molecular weight excluding hydrogens is 419 g/mol. The van der Waals surface area contributed by atoms with Gasteiger partial charge in [-0.3, -0.25) is 0 Å². The lowest BCUT2D eigenvalue weighted by molar-refractivity contribution is 0.292. The van der Waals surface area contributed by atoms with Crippen LogP contribution in [0, 0.1) is 0 Å². The van der Waals surface area contributed by atoms with Crippen LogP contribution in [0.3, 0.4) is 0 Å². The Labute approximate surface area is 177 Å². The van der Waals surface area contributed by atoms with E-state index in [0.29, 0.717) is 17.5 Å². The number of rotatable bonds is 8. The zero-order valence-corrected chi connectivity index (χ0v) is 18.2. The van der Waals surface area contributed by atoms with E-state index in [2.05, 4.69) is 28.5 Å². The van der Waals surface area contributed by atoms with Gasteiger partial charge < -0.3 is 9.47 Å². The lowest BCUT2D eigenvalue weighted by Crippen LogP contribution is -2.27. The molecule has 3 aromatic rings. The largest absolute Gasteiger partial charge is 0.308 e. The van der Waals surface area contributed by atoms with Gasteiger partial charge in [-0.1, -0.05) is 37.6 Å². The van der Waals surface area contributed by atoms with E-state index in [-0.39, 0.29) is 17.3 Å². The van der Waals surface area contributed by atoms with Crippen molar-refractivity contribution in [2.75, 3.05) is 24.4 Å². The Kier molecular flexibility index (Phi) is 7.71. The fourth-order valence-corrected chi connectivity index (χ4v) is 4.09. The normalized spacial score (nSPS) is 11.6. The summed E-state index contributed by atoms with van der Waals surface area (Å²) in [5, 5.41) is 0.486. The van der Waals surface area contributed by atoms with Gasteiger partial charge in [0.2, 0.25) is 5.95 Å². The van der Waals surface area contributed by atoms with Gasteiger partial charge in [-0.2, -0.15) is 0 Å². The third kappa shape index (κ3) is 4.97. The van der Waals surface area contributed by atoms with Gasteiger partial charge in [0.05, 0.1) is 15.9 Å². The number of fused-ring (bicyclic) bond motifs is 1. The van der Waals surface area contributed by atoms with Gasteiger partial charge in [-0.05, 0) is 49.5 Å². The summed E-state index contributed by atoms with van der Waals surface area (Å²) >= 11 is 5.86. The topological polar surface area (TPSA) is 67.2 Å². The molecule has 0 fully saturated rings. The number of benzene rings is 2. The number of nitrogens with one attached hydrogen (secondary N) is 1. The molecule has 0 unspecified atom stereocenters. The van der Waals surface area contributed by atoms with Crippen LogP contribution in [0.5, 0.6) is 0 Å². The molecule has 0 aliphatic rings. The number of hydrogen-bond acceptors (Lipinski definition) is 4. The van der Waals surface area contributed by atoms with Crippen molar-refractivity contribution in [3.05, 3.63) is 53.6 Å². The molecule has 0 bridgehead atoms. The smallest absolute Gasteiger partial charge is 0.264 e. The molecule has 0 spiro atoms. The van der Waals surface area contributed by atoms with Crippen LogP contribution in [-0.2, 0) is 16.6 Å². The Morgan fingerprint density at radius 3 is 2.36 bits per heavy atom. The standard InChI is InChI=1S/C19H23ClN4O2S.ClH/c1-3-23(4-2)13-14-24-18-8-6-5-7-17(18)21-19(24)22-27(25,26)16-11-9-15(20)10-12-16;/h5-12H,3-4,13-14H2,1-2H3,(H,21,22);1H. The SMILES string of the molecule is CCN(CC)CCn1c(NS(=O)(=O)c2ccc(Cl)cc2)nc2ccccc21.Cl. The van der Waals surface area contributed by atoms with Crippen molar-refractivity contribution in [2.24, 2.45) is 0 Å². The molecule has 1 aromatic heterocycles. The second kappa shape index (κ2) is 9.60. The molecule has 0 atom stereocenters. The second-order valence-electron chi connectivity index (χ2n) is 6.16. The van der Waals surface area contributed by atoms with Crippen LogP contribution in [0.4, 0.5) is 5.95 Å². The van der Waals surface area contributed by atoms with Crippen molar-refractivity contribution in [3.8, 4) is 0 Å². The molecule has 2 aromatic carbocycles. The minimum Gasteiger partial charge on any atom is -0.308 e. The lowest BCUT2D eigenvalue weighted by Gasteiger charge is -2.19. The fourth-order valence-electron chi connectivity index (χ4n) is 2.95. The van der Waals surface area contributed by atoms with E-state index in [4.69, 9.17) is 11.6 Å². The summed E-state index contributed by atoms with van der Waals surface area (Å²) < 4.78 is 30.1. The first kappa shape index (κ1) is 22.5. The van der Waals surface area contributed by atoms with Crippen molar-refractivity contribution in [1.82, 2.24) is 14.5 Å². The number of likely N-dealkylation sites (N-methyl/N-ethyl adjacent to an activating group) is 1. The maximum absolute atomic E-state index is 12.8. The molecule has 1 N–H and O–H groups in total. The number of para-hydroxylation sites is 2. The molecule has 0 amide bonds. The molecule has 3 rings (SSSR count). The van der Waals surface area contributed by atoms with Gasteiger partial charge >= 0.3 is 0 Å². The third-order valence-electron chi connectivity index (χ3n) is 4.54. The molecule has 6 nitrogen and oxygen atoms in total. The Morgan fingerprint density at radius 2 is 1.71 bits per heavy atom. The number of halogens is 2. The maximum Gasteiger partial charge on any atom is 0.264 e. The highest BCUT2D eigenvalue weighted by Crippen LogP contribution is 2.23. The van der Waals surface area contributed by atoms with Crippen LogP contribution in [0.15, 0.2) is 53.4 Å². The van der Waals surface area contributed by atoms with Crippen molar-refractivity contribution >= 4 is 51.0 Å². The second-order valence-corrected chi connectivity index (χ2v) is 8.28. The Morgan fingerprint density at radius 1 is 1.07 bits per heavy atom. The average molecular weight is 443 g/mol.